The van der Waals surface area contributed by atoms with Gasteiger partial charge in [0.1, 0.15) is 5.69 Å². The number of hydrogen-bond donors (Lipinski definition) is 0. The highest BCUT2D eigenvalue weighted by molar-refractivity contribution is 5.54. The van der Waals surface area contributed by atoms with Crippen molar-refractivity contribution >= 4 is 12.2 Å². The molecule has 3 aromatic rings. The third-order valence-corrected chi connectivity index (χ3v) is 2.39. The lowest BCUT2D eigenvalue weighted by molar-refractivity contribution is 0.928. The van der Waals surface area contributed by atoms with E-state index < -0.39 is 0 Å². The van der Waals surface area contributed by atoms with Crippen LogP contribution in [0, 0.1) is 6.92 Å². The van der Waals surface area contributed by atoms with Crippen LogP contribution in [0.5, 0.6) is 0 Å². The second kappa shape index (κ2) is 3.06. The molecule has 6 heteroatoms. The van der Waals surface area contributed by atoms with E-state index in [-0.39, 0.29) is 0 Å². The van der Waals surface area contributed by atoms with Gasteiger partial charge in [0.15, 0.2) is 5.65 Å². The maximum atomic E-state index is 4.31. The summed E-state index contributed by atoms with van der Waals surface area (Å²) in [6.45, 7) is 5.78. The van der Waals surface area contributed by atoms with Crippen molar-refractivity contribution in [1.29, 1.82) is 0 Å². The van der Waals surface area contributed by atoms with Gasteiger partial charge in [-0.1, -0.05) is 6.58 Å². The minimum absolute atomic E-state index is 0.584. The Kier molecular flexibility index (Phi) is 1.70. The number of aromatic nitrogens is 6. The van der Waals surface area contributed by atoms with Gasteiger partial charge in [-0.25, -0.2) is 4.98 Å². The highest BCUT2D eigenvalue weighted by Crippen LogP contribution is 2.11. The van der Waals surface area contributed by atoms with Crippen molar-refractivity contribution in [1.82, 2.24) is 29.8 Å². The van der Waals surface area contributed by atoms with Gasteiger partial charge < -0.3 is 0 Å². The maximum absolute atomic E-state index is 4.31. The molecule has 0 aliphatic carbocycles. The highest BCUT2D eigenvalue weighted by Gasteiger charge is 2.13. The zero-order chi connectivity index (χ0) is 11.1. The molecule has 0 saturated heterocycles. The molecule has 0 aromatic carbocycles. The summed E-state index contributed by atoms with van der Waals surface area (Å²) in [5, 5.41) is 13.2. The van der Waals surface area contributed by atoms with Gasteiger partial charge >= 0.3 is 0 Å². The number of hydrogen-bond acceptors (Lipinski definition) is 5. The normalized spacial score (nSPS) is 11.1. The van der Waals surface area contributed by atoms with Crippen LogP contribution in [0.25, 0.3) is 23.7 Å². The van der Waals surface area contributed by atoms with Crippen molar-refractivity contribution in [3.63, 3.8) is 0 Å². The molecule has 0 atom stereocenters. The fourth-order valence-electron chi connectivity index (χ4n) is 1.51. The SMILES string of the molecule is C=c1c(C)nn2c(-c3cnccn3)nnc12. The van der Waals surface area contributed by atoms with Crippen molar-refractivity contribution in [2.24, 2.45) is 0 Å². The number of nitrogens with zero attached hydrogens (tertiary/aromatic N) is 6. The van der Waals surface area contributed by atoms with Crippen LogP contribution in [-0.4, -0.2) is 29.8 Å². The first-order valence-corrected chi connectivity index (χ1v) is 4.74. The first-order valence-electron chi connectivity index (χ1n) is 4.74. The summed E-state index contributed by atoms with van der Waals surface area (Å²) in [4.78, 5) is 8.15. The van der Waals surface area contributed by atoms with Crippen LogP contribution in [0.1, 0.15) is 5.69 Å². The van der Waals surface area contributed by atoms with Crippen molar-refractivity contribution in [2.45, 2.75) is 6.92 Å². The molecule has 0 radical (unpaired) electrons. The smallest absolute Gasteiger partial charge is 0.205 e. The molecular weight excluding hydrogens is 204 g/mol. The molecule has 0 bridgehead atoms. The summed E-state index contributed by atoms with van der Waals surface area (Å²) >= 11 is 0. The predicted molar refractivity (Wildman–Crippen MR) is 57.3 cm³/mol. The molecule has 3 rings (SSSR count). The minimum atomic E-state index is 0.584. The van der Waals surface area contributed by atoms with Crippen molar-refractivity contribution in [2.75, 3.05) is 0 Å². The van der Waals surface area contributed by atoms with Gasteiger partial charge in [-0.3, -0.25) is 4.98 Å². The molecule has 0 fully saturated rings. The van der Waals surface area contributed by atoms with Gasteiger partial charge in [0.2, 0.25) is 5.82 Å². The van der Waals surface area contributed by atoms with Gasteiger partial charge in [0.05, 0.1) is 11.9 Å². The second-order valence-corrected chi connectivity index (χ2v) is 3.41. The lowest BCUT2D eigenvalue weighted by Gasteiger charge is -1.93. The number of fused-ring (bicyclic) bond motifs is 1. The van der Waals surface area contributed by atoms with E-state index in [1.165, 1.54) is 0 Å². The van der Waals surface area contributed by atoms with E-state index in [0.29, 0.717) is 17.2 Å². The zero-order valence-electron chi connectivity index (χ0n) is 8.62. The van der Waals surface area contributed by atoms with Crippen LogP contribution in [0.15, 0.2) is 18.6 Å². The molecule has 3 aromatic heterocycles. The van der Waals surface area contributed by atoms with Crippen LogP contribution >= 0.6 is 0 Å². The summed E-state index contributed by atoms with van der Waals surface area (Å²) < 4.78 is 1.64. The highest BCUT2D eigenvalue weighted by atomic mass is 15.4. The summed E-state index contributed by atoms with van der Waals surface area (Å²) in [5.74, 6) is 0.584. The molecule has 0 saturated carbocycles. The Morgan fingerprint density at radius 3 is 2.88 bits per heavy atom. The summed E-state index contributed by atoms with van der Waals surface area (Å²) in [6.07, 6.45) is 4.85. The summed E-state index contributed by atoms with van der Waals surface area (Å²) in [7, 11) is 0. The van der Waals surface area contributed by atoms with Gasteiger partial charge in [-0.2, -0.15) is 9.61 Å². The van der Waals surface area contributed by atoms with Gasteiger partial charge in [0, 0.05) is 17.6 Å². The molecule has 0 spiro atoms. The minimum Gasteiger partial charge on any atom is -0.261 e. The third kappa shape index (κ3) is 1.10. The average molecular weight is 212 g/mol. The van der Waals surface area contributed by atoms with Gasteiger partial charge in [0.25, 0.3) is 0 Å². The predicted octanol–water partition coefficient (Wildman–Crippen LogP) is 0.0189. The Hall–Kier alpha value is -2.37. The standard InChI is InChI=1S/C10H8N6/c1-6-7(2)15-16-9(6)13-14-10(16)8-5-11-3-4-12-8/h3-5H,1H2,2H3. The van der Waals surface area contributed by atoms with Crippen molar-refractivity contribution in [3.8, 4) is 11.5 Å². The summed E-state index contributed by atoms with van der Waals surface area (Å²) in [5.41, 5.74) is 2.15. The van der Waals surface area contributed by atoms with Crippen LogP contribution < -0.4 is 5.22 Å². The fourth-order valence-corrected chi connectivity index (χ4v) is 1.51. The quantitative estimate of drug-likeness (QED) is 0.568. The van der Waals surface area contributed by atoms with Crippen LogP contribution in [0.2, 0.25) is 0 Å². The van der Waals surface area contributed by atoms with Crippen LogP contribution in [0.3, 0.4) is 0 Å². The van der Waals surface area contributed by atoms with E-state index in [1.54, 1.807) is 23.1 Å². The van der Waals surface area contributed by atoms with E-state index in [1.807, 2.05) is 6.92 Å². The maximum Gasteiger partial charge on any atom is 0.205 e. The molecular formula is C10H8N6. The number of rotatable bonds is 1. The topological polar surface area (TPSA) is 68.9 Å². The Morgan fingerprint density at radius 2 is 2.12 bits per heavy atom. The lowest BCUT2D eigenvalue weighted by atomic mass is 10.4. The molecule has 78 valence electrons. The Morgan fingerprint density at radius 1 is 1.25 bits per heavy atom. The monoisotopic (exact) mass is 212 g/mol. The second-order valence-electron chi connectivity index (χ2n) is 3.41. The molecule has 16 heavy (non-hydrogen) atoms. The molecule has 6 nitrogen and oxygen atoms in total. The average Bonchev–Trinajstić information content (AvgIpc) is 2.83. The van der Waals surface area contributed by atoms with E-state index in [9.17, 15) is 0 Å². The van der Waals surface area contributed by atoms with E-state index in [0.717, 1.165) is 10.9 Å². The largest absolute Gasteiger partial charge is 0.261 e. The first-order chi connectivity index (χ1) is 7.77. The zero-order valence-corrected chi connectivity index (χ0v) is 8.62. The van der Waals surface area contributed by atoms with Crippen LogP contribution in [-0.2, 0) is 0 Å². The third-order valence-electron chi connectivity index (χ3n) is 2.39. The lowest BCUT2D eigenvalue weighted by Crippen LogP contribution is -1.98. The van der Waals surface area contributed by atoms with Gasteiger partial charge in [-0.15, -0.1) is 10.2 Å². The Balaban J connectivity index is 2.34. The van der Waals surface area contributed by atoms with Crippen molar-refractivity contribution < 1.29 is 0 Å². The molecule has 0 aliphatic rings. The molecule has 0 amide bonds. The Labute approximate surface area is 90.7 Å². The van der Waals surface area contributed by atoms with Gasteiger partial charge in [-0.05, 0) is 6.92 Å². The summed E-state index contributed by atoms with van der Waals surface area (Å²) in [6, 6.07) is 0. The molecule has 0 unspecified atom stereocenters. The molecule has 0 N–H and O–H groups in total. The molecule has 3 heterocycles. The van der Waals surface area contributed by atoms with E-state index in [4.69, 9.17) is 0 Å². The van der Waals surface area contributed by atoms with Crippen molar-refractivity contribution in [3.05, 3.63) is 29.5 Å². The first kappa shape index (κ1) is 8.90. The van der Waals surface area contributed by atoms with E-state index >= 15 is 0 Å². The molecule has 0 aliphatic heterocycles. The number of aryl methyl sites for hydroxylation is 1. The Bertz CT molecular complexity index is 687. The fraction of sp³-hybridized carbons (Fsp3) is 0.100. The van der Waals surface area contributed by atoms with E-state index in [2.05, 4.69) is 31.8 Å². The van der Waals surface area contributed by atoms with Crippen LogP contribution in [0.4, 0.5) is 0 Å².